The molecule has 2 aromatic carbocycles. The minimum atomic E-state index is -0.889. The van der Waals surface area contributed by atoms with Gasteiger partial charge in [0.25, 0.3) is 11.8 Å². The zero-order valence-corrected chi connectivity index (χ0v) is 17.0. The van der Waals surface area contributed by atoms with Gasteiger partial charge in [0.15, 0.2) is 0 Å². The molecule has 0 aliphatic heterocycles. The smallest absolute Gasteiger partial charge is 0.262 e. The van der Waals surface area contributed by atoms with E-state index >= 15 is 0 Å². The monoisotopic (exact) mass is 427 g/mol. The third-order valence-electron chi connectivity index (χ3n) is 3.96. The maximum atomic E-state index is 13.0. The van der Waals surface area contributed by atoms with E-state index in [-0.39, 0.29) is 16.8 Å². The van der Waals surface area contributed by atoms with Crippen LogP contribution in [0.2, 0.25) is 5.02 Å². The summed E-state index contributed by atoms with van der Waals surface area (Å²) in [5.74, 6) is -0.989. The Balaban J connectivity index is 1.80. The van der Waals surface area contributed by atoms with E-state index < -0.39 is 11.9 Å². The van der Waals surface area contributed by atoms with E-state index in [4.69, 9.17) is 11.6 Å². The second kappa shape index (κ2) is 9.36. The first-order valence-corrected chi connectivity index (χ1v) is 9.97. The topological polar surface area (TPSA) is 87.3 Å². The Morgan fingerprint density at radius 3 is 2.34 bits per heavy atom. The van der Waals surface area contributed by atoms with Gasteiger partial charge in [-0.25, -0.2) is 0 Å². The van der Waals surface area contributed by atoms with Crippen molar-refractivity contribution in [2.24, 2.45) is 0 Å². The lowest BCUT2D eigenvalue weighted by atomic mass is 10.1. The Hall–Kier alpha value is -3.16. The van der Waals surface area contributed by atoms with Crippen LogP contribution in [0, 0.1) is 0 Å². The molecule has 0 saturated heterocycles. The largest absolute Gasteiger partial charge is 0.336 e. The predicted molar refractivity (Wildman–Crippen MR) is 115 cm³/mol. The molecule has 3 aromatic rings. The Morgan fingerprint density at radius 2 is 1.72 bits per heavy atom. The van der Waals surface area contributed by atoms with E-state index in [0.717, 1.165) is 0 Å². The second-order valence-corrected chi connectivity index (χ2v) is 7.51. The molecule has 8 heteroatoms. The number of nitrogens with one attached hydrogen (secondary N) is 3. The minimum absolute atomic E-state index is 0.246. The predicted octanol–water partition coefficient (Wildman–Crippen LogP) is 4.47. The Labute approximate surface area is 176 Å². The zero-order valence-electron chi connectivity index (χ0n) is 15.4. The van der Waals surface area contributed by atoms with Crippen LogP contribution < -0.4 is 16.0 Å². The highest BCUT2D eigenvalue weighted by molar-refractivity contribution is 7.12. The van der Waals surface area contributed by atoms with Crippen LogP contribution in [-0.4, -0.2) is 17.7 Å². The maximum absolute atomic E-state index is 13.0. The first-order valence-electron chi connectivity index (χ1n) is 8.71. The number of anilines is 2. The molecule has 1 heterocycles. The molecule has 3 amide bonds. The van der Waals surface area contributed by atoms with Crippen molar-refractivity contribution < 1.29 is 14.4 Å². The molecule has 148 valence electrons. The number of hydrogen-bond acceptors (Lipinski definition) is 4. The lowest BCUT2D eigenvalue weighted by Gasteiger charge is -2.19. The molecule has 0 spiro atoms. The van der Waals surface area contributed by atoms with Gasteiger partial charge in [-0.3, -0.25) is 14.4 Å². The van der Waals surface area contributed by atoms with Crippen molar-refractivity contribution in [1.29, 1.82) is 0 Å². The number of thiophene rings is 1. The minimum Gasteiger partial charge on any atom is -0.336 e. The van der Waals surface area contributed by atoms with E-state index in [1.54, 1.807) is 53.9 Å². The van der Waals surface area contributed by atoms with E-state index in [1.807, 2.05) is 6.07 Å². The van der Waals surface area contributed by atoms with Gasteiger partial charge < -0.3 is 16.0 Å². The van der Waals surface area contributed by atoms with Crippen molar-refractivity contribution in [3.8, 4) is 0 Å². The molecular weight excluding hydrogens is 410 g/mol. The third-order valence-corrected chi connectivity index (χ3v) is 5.14. The van der Waals surface area contributed by atoms with Gasteiger partial charge in [0.1, 0.15) is 6.04 Å². The summed E-state index contributed by atoms with van der Waals surface area (Å²) in [7, 11) is 0. The molecule has 0 radical (unpaired) electrons. The van der Waals surface area contributed by atoms with Gasteiger partial charge in [-0.15, -0.1) is 11.3 Å². The van der Waals surface area contributed by atoms with Gasteiger partial charge in [-0.05, 0) is 35.2 Å². The molecule has 1 atom stereocenters. The van der Waals surface area contributed by atoms with Crippen LogP contribution in [0.25, 0.3) is 0 Å². The quantitative estimate of drug-likeness (QED) is 0.542. The van der Waals surface area contributed by atoms with Crippen LogP contribution in [0.4, 0.5) is 11.4 Å². The summed E-state index contributed by atoms with van der Waals surface area (Å²) < 4.78 is 0. The number of halogens is 1. The van der Waals surface area contributed by atoms with Gasteiger partial charge in [0, 0.05) is 12.6 Å². The van der Waals surface area contributed by atoms with Gasteiger partial charge in [-0.1, -0.05) is 48.0 Å². The van der Waals surface area contributed by atoms with Gasteiger partial charge in [-0.2, -0.15) is 0 Å². The summed E-state index contributed by atoms with van der Waals surface area (Å²) in [6.07, 6.45) is 0. The average Bonchev–Trinajstić information content (AvgIpc) is 3.23. The maximum Gasteiger partial charge on any atom is 0.262 e. The standard InChI is InChI=1S/C21H18ClN3O3S/c1-13(26)23-17-10-9-15(12-16(17)22)24-21(28)19(14-6-3-2-4-7-14)25-20(27)18-8-5-11-29-18/h2-12,19H,1H3,(H,23,26)(H,24,28)(H,25,27). The molecule has 0 aliphatic carbocycles. The normalized spacial score (nSPS) is 11.4. The molecular formula is C21H18ClN3O3S. The van der Waals surface area contributed by atoms with Crippen LogP contribution in [0.3, 0.4) is 0 Å². The van der Waals surface area contributed by atoms with Gasteiger partial charge in [0.05, 0.1) is 15.6 Å². The second-order valence-electron chi connectivity index (χ2n) is 6.16. The van der Waals surface area contributed by atoms with Crippen LogP contribution in [-0.2, 0) is 9.59 Å². The van der Waals surface area contributed by atoms with Crippen LogP contribution >= 0.6 is 22.9 Å². The Morgan fingerprint density at radius 1 is 0.966 bits per heavy atom. The number of carbonyl (C=O) groups excluding carboxylic acids is 3. The molecule has 0 fully saturated rings. The fraction of sp³-hybridized carbons (Fsp3) is 0.0952. The van der Waals surface area contributed by atoms with Crippen LogP contribution in [0.15, 0.2) is 66.0 Å². The Kier molecular flexibility index (Phi) is 6.64. The fourth-order valence-corrected chi connectivity index (χ4v) is 3.51. The molecule has 6 nitrogen and oxygen atoms in total. The fourth-order valence-electron chi connectivity index (χ4n) is 2.65. The highest BCUT2D eigenvalue weighted by Gasteiger charge is 2.24. The average molecular weight is 428 g/mol. The number of carbonyl (C=O) groups is 3. The van der Waals surface area contributed by atoms with Crippen LogP contribution in [0.1, 0.15) is 28.2 Å². The SMILES string of the molecule is CC(=O)Nc1ccc(NC(=O)C(NC(=O)c2cccs2)c2ccccc2)cc1Cl. The first-order chi connectivity index (χ1) is 13.9. The van der Waals surface area contributed by atoms with Crippen molar-refractivity contribution in [3.05, 3.63) is 81.5 Å². The van der Waals surface area contributed by atoms with Crippen molar-refractivity contribution in [1.82, 2.24) is 5.32 Å². The summed E-state index contributed by atoms with van der Waals surface area (Å²) in [4.78, 5) is 37.2. The number of hydrogen-bond donors (Lipinski definition) is 3. The van der Waals surface area contributed by atoms with E-state index in [0.29, 0.717) is 21.8 Å². The summed E-state index contributed by atoms with van der Waals surface area (Å²) >= 11 is 7.47. The molecule has 29 heavy (non-hydrogen) atoms. The molecule has 0 bridgehead atoms. The van der Waals surface area contributed by atoms with Crippen molar-refractivity contribution in [3.63, 3.8) is 0 Å². The van der Waals surface area contributed by atoms with Gasteiger partial charge in [0.2, 0.25) is 5.91 Å². The van der Waals surface area contributed by atoms with Crippen molar-refractivity contribution in [2.45, 2.75) is 13.0 Å². The van der Waals surface area contributed by atoms with E-state index in [2.05, 4.69) is 16.0 Å². The summed E-state index contributed by atoms with van der Waals surface area (Å²) in [6.45, 7) is 1.38. The summed E-state index contributed by atoms with van der Waals surface area (Å²) in [5.41, 5.74) is 1.54. The Bertz CT molecular complexity index is 1020. The molecule has 3 N–H and O–H groups in total. The zero-order chi connectivity index (χ0) is 20.8. The number of benzene rings is 2. The first kappa shape index (κ1) is 20.6. The summed E-state index contributed by atoms with van der Waals surface area (Å²) in [6, 6.07) is 16.3. The molecule has 0 aliphatic rings. The van der Waals surface area contributed by atoms with E-state index in [1.165, 1.54) is 24.3 Å². The van der Waals surface area contributed by atoms with Crippen molar-refractivity contribution >= 4 is 52.0 Å². The molecule has 1 unspecified atom stereocenters. The number of amides is 3. The highest BCUT2D eigenvalue weighted by atomic mass is 35.5. The molecule has 3 rings (SSSR count). The third kappa shape index (κ3) is 5.43. The number of rotatable bonds is 6. The van der Waals surface area contributed by atoms with Crippen molar-refractivity contribution in [2.75, 3.05) is 10.6 Å². The summed E-state index contributed by atoms with van der Waals surface area (Å²) in [5, 5.41) is 10.2. The highest BCUT2D eigenvalue weighted by Crippen LogP contribution is 2.26. The lowest BCUT2D eigenvalue weighted by Crippen LogP contribution is -2.36. The molecule has 1 aromatic heterocycles. The van der Waals surface area contributed by atoms with Gasteiger partial charge >= 0.3 is 0 Å². The lowest BCUT2D eigenvalue weighted by molar-refractivity contribution is -0.118. The molecule has 0 saturated carbocycles. The van der Waals surface area contributed by atoms with E-state index in [9.17, 15) is 14.4 Å². The van der Waals surface area contributed by atoms with Crippen LogP contribution in [0.5, 0.6) is 0 Å².